The Kier molecular flexibility index (Phi) is 4.37. The van der Waals surface area contributed by atoms with Crippen LogP contribution in [0.4, 0.5) is 0 Å². The highest BCUT2D eigenvalue weighted by Gasteiger charge is 2.19. The van der Waals surface area contributed by atoms with E-state index in [4.69, 9.17) is 0 Å². The van der Waals surface area contributed by atoms with Gasteiger partial charge in [-0.15, -0.1) is 0 Å². The van der Waals surface area contributed by atoms with E-state index in [0.717, 1.165) is 13.1 Å². The van der Waals surface area contributed by atoms with Crippen LogP contribution in [0.2, 0.25) is 0 Å². The molecule has 2 nitrogen and oxygen atoms in total. The molecule has 0 bridgehead atoms. The molecule has 88 valence electrons. The number of hydrogen-bond donors (Lipinski definition) is 2. The molecule has 0 aromatic heterocycles. The Morgan fingerprint density at radius 2 is 2.19 bits per heavy atom. The summed E-state index contributed by atoms with van der Waals surface area (Å²) in [4.78, 5) is 0. The average molecular weight is 218 g/mol. The van der Waals surface area contributed by atoms with E-state index >= 15 is 0 Å². The van der Waals surface area contributed by atoms with Crippen LogP contribution in [0.1, 0.15) is 37.8 Å². The van der Waals surface area contributed by atoms with Gasteiger partial charge in [0.15, 0.2) is 0 Å². The molecule has 16 heavy (non-hydrogen) atoms. The first-order valence-electron chi connectivity index (χ1n) is 6.42. The normalized spacial score (nSPS) is 22.2. The van der Waals surface area contributed by atoms with Crippen LogP contribution in [0.25, 0.3) is 0 Å². The van der Waals surface area contributed by atoms with Gasteiger partial charge in [0, 0.05) is 18.6 Å². The molecule has 1 heterocycles. The third-order valence-corrected chi connectivity index (χ3v) is 3.28. The van der Waals surface area contributed by atoms with Gasteiger partial charge in [0.25, 0.3) is 0 Å². The first-order chi connectivity index (χ1) is 7.90. The van der Waals surface area contributed by atoms with Gasteiger partial charge in [-0.3, -0.25) is 0 Å². The molecule has 2 heteroatoms. The summed E-state index contributed by atoms with van der Waals surface area (Å²) >= 11 is 0. The number of nitrogens with one attached hydrogen (secondary N) is 2. The predicted octanol–water partition coefficient (Wildman–Crippen LogP) is 2.48. The van der Waals surface area contributed by atoms with Crippen LogP contribution in [0.3, 0.4) is 0 Å². The summed E-state index contributed by atoms with van der Waals surface area (Å²) < 4.78 is 0. The van der Waals surface area contributed by atoms with Crippen molar-refractivity contribution in [3.8, 4) is 0 Å². The van der Waals surface area contributed by atoms with Gasteiger partial charge in [-0.2, -0.15) is 0 Å². The molecule has 1 aliphatic rings. The molecule has 1 saturated heterocycles. The molecule has 2 unspecified atom stereocenters. The molecule has 2 atom stereocenters. The van der Waals surface area contributed by atoms with Crippen LogP contribution in [-0.2, 0) is 0 Å². The molecule has 1 aromatic rings. The maximum absolute atomic E-state index is 3.77. The Bertz CT molecular complexity index is 291. The molecule has 2 rings (SSSR count). The lowest BCUT2D eigenvalue weighted by Crippen LogP contribution is -2.34. The van der Waals surface area contributed by atoms with E-state index in [2.05, 4.69) is 47.9 Å². The van der Waals surface area contributed by atoms with Gasteiger partial charge >= 0.3 is 0 Å². The van der Waals surface area contributed by atoms with E-state index in [1.54, 1.807) is 0 Å². The summed E-state index contributed by atoms with van der Waals surface area (Å²) in [6, 6.07) is 12.0. The van der Waals surface area contributed by atoms with Crippen molar-refractivity contribution in [3.63, 3.8) is 0 Å². The second-order valence-corrected chi connectivity index (χ2v) is 4.61. The van der Waals surface area contributed by atoms with Crippen LogP contribution in [0.15, 0.2) is 30.3 Å². The van der Waals surface area contributed by atoms with Crippen LogP contribution < -0.4 is 10.6 Å². The highest BCUT2D eigenvalue weighted by molar-refractivity contribution is 5.19. The van der Waals surface area contributed by atoms with Crippen molar-refractivity contribution in [2.75, 3.05) is 13.1 Å². The topological polar surface area (TPSA) is 24.1 Å². The first kappa shape index (κ1) is 11.6. The predicted molar refractivity (Wildman–Crippen MR) is 68.5 cm³/mol. The second kappa shape index (κ2) is 6.02. The smallest absolute Gasteiger partial charge is 0.0323 e. The minimum atomic E-state index is 0.524. The van der Waals surface area contributed by atoms with Crippen molar-refractivity contribution in [1.82, 2.24) is 10.6 Å². The van der Waals surface area contributed by atoms with Crippen LogP contribution in [0, 0.1) is 0 Å². The fraction of sp³-hybridized carbons (Fsp3) is 0.571. The summed E-state index contributed by atoms with van der Waals surface area (Å²) in [6.45, 7) is 4.53. The van der Waals surface area contributed by atoms with E-state index in [9.17, 15) is 0 Å². The summed E-state index contributed by atoms with van der Waals surface area (Å²) in [5.74, 6) is 0. The molecule has 0 aliphatic carbocycles. The molecule has 2 N–H and O–H groups in total. The third kappa shape index (κ3) is 3.06. The van der Waals surface area contributed by atoms with Gasteiger partial charge < -0.3 is 10.6 Å². The van der Waals surface area contributed by atoms with E-state index in [1.807, 2.05) is 0 Å². The minimum Gasteiger partial charge on any atom is -0.315 e. The van der Waals surface area contributed by atoms with Gasteiger partial charge in [-0.05, 0) is 24.9 Å². The molecule has 1 aliphatic heterocycles. The lowest BCUT2D eigenvalue weighted by atomic mass is 10.0. The molecular weight excluding hydrogens is 196 g/mol. The molecule has 1 aromatic carbocycles. The van der Waals surface area contributed by atoms with Gasteiger partial charge in [0.1, 0.15) is 0 Å². The second-order valence-electron chi connectivity index (χ2n) is 4.61. The zero-order valence-electron chi connectivity index (χ0n) is 10.1. The molecule has 0 spiro atoms. The van der Waals surface area contributed by atoms with Crippen LogP contribution in [-0.4, -0.2) is 19.1 Å². The standard InChI is InChI=1S/C14H22N2/c1-2-6-14(12-7-4-3-5-8-12)16-13-9-10-15-11-13/h3-5,7-8,13-16H,2,6,9-11H2,1H3. The fourth-order valence-electron chi connectivity index (χ4n) is 2.40. The Morgan fingerprint density at radius 1 is 1.38 bits per heavy atom. The van der Waals surface area contributed by atoms with Crippen LogP contribution >= 0.6 is 0 Å². The quantitative estimate of drug-likeness (QED) is 0.793. The lowest BCUT2D eigenvalue weighted by Gasteiger charge is -2.22. The van der Waals surface area contributed by atoms with Gasteiger partial charge in [-0.25, -0.2) is 0 Å². The van der Waals surface area contributed by atoms with Crippen LogP contribution in [0.5, 0.6) is 0 Å². The van der Waals surface area contributed by atoms with Crippen molar-refractivity contribution in [2.24, 2.45) is 0 Å². The summed E-state index contributed by atoms with van der Waals surface area (Å²) in [7, 11) is 0. The lowest BCUT2D eigenvalue weighted by molar-refractivity contribution is 0.429. The zero-order valence-corrected chi connectivity index (χ0v) is 10.1. The Labute approximate surface area is 98.4 Å². The van der Waals surface area contributed by atoms with E-state index in [0.29, 0.717) is 12.1 Å². The number of rotatable bonds is 5. The van der Waals surface area contributed by atoms with E-state index in [1.165, 1.54) is 24.8 Å². The highest BCUT2D eigenvalue weighted by atomic mass is 15.0. The molecule has 0 saturated carbocycles. The Morgan fingerprint density at radius 3 is 2.81 bits per heavy atom. The number of benzene rings is 1. The SMILES string of the molecule is CCCC(NC1CCNC1)c1ccccc1. The van der Waals surface area contributed by atoms with Crippen molar-refractivity contribution < 1.29 is 0 Å². The first-order valence-corrected chi connectivity index (χ1v) is 6.42. The fourth-order valence-corrected chi connectivity index (χ4v) is 2.40. The largest absolute Gasteiger partial charge is 0.315 e. The highest BCUT2D eigenvalue weighted by Crippen LogP contribution is 2.19. The monoisotopic (exact) mass is 218 g/mol. The van der Waals surface area contributed by atoms with Gasteiger partial charge in [-0.1, -0.05) is 43.7 Å². The maximum atomic E-state index is 3.77. The Balaban J connectivity index is 1.99. The minimum absolute atomic E-state index is 0.524. The maximum Gasteiger partial charge on any atom is 0.0323 e. The van der Waals surface area contributed by atoms with Gasteiger partial charge in [0.05, 0.1) is 0 Å². The third-order valence-electron chi connectivity index (χ3n) is 3.28. The molecular formula is C14H22N2. The van der Waals surface area contributed by atoms with Crippen molar-refractivity contribution in [1.29, 1.82) is 0 Å². The van der Waals surface area contributed by atoms with Gasteiger partial charge in [0.2, 0.25) is 0 Å². The zero-order chi connectivity index (χ0) is 11.2. The van der Waals surface area contributed by atoms with E-state index in [-0.39, 0.29) is 0 Å². The van der Waals surface area contributed by atoms with Crippen molar-refractivity contribution in [2.45, 2.75) is 38.3 Å². The molecule has 0 radical (unpaired) electrons. The van der Waals surface area contributed by atoms with Crippen molar-refractivity contribution in [3.05, 3.63) is 35.9 Å². The van der Waals surface area contributed by atoms with E-state index < -0.39 is 0 Å². The number of hydrogen-bond acceptors (Lipinski definition) is 2. The average Bonchev–Trinajstić information content (AvgIpc) is 2.83. The summed E-state index contributed by atoms with van der Waals surface area (Å²) in [6.07, 6.45) is 3.71. The summed E-state index contributed by atoms with van der Waals surface area (Å²) in [5.41, 5.74) is 1.43. The molecule has 0 amide bonds. The summed E-state index contributed by atoms with van der Waals surface area (Å²) in [5, 5.41) is 7.18. The van der Waals surface area contributed by atoms with Crippen molar-refractivity contribution >= 4 is 0 Å². The Hall–Kier alpha value is -0.860. The molecule has 1 fully saturated rings.